The van der Waals surface area contributed by atoms with Crippen molar-refractivity contribution in [3.63, 3.8) is 0 Å². The Morgan fingerprint density at radius 1 is 1.27 bits per heavy atom. The molecule has 0 bridgehead atoms. The standard InChI is InChI=1S/C16H15N3O3/c1-10-14-13(7-8-17-15(14)16(20)21)19(18-10)9-11-3-5-12(22-2)6-4-11/h3-8H,9H2,1-2H3,(H,20,21). The number of fused-ring (bicyclic) bond motifs is 1. The largest absolute Gasteiger partial charge is 0.497 e. The van der Waals surface area contributed by atoms with Crippen LogP contribution in [0.1, 0.15) is 21.7 Å². The summed E-state index contributed by atoms with van der Waals surface area (Å²) in [6.45, 7) is 2.35. The molecule has 0 spiro atoms. The van der Waals surface area contributed by atoms with E-state index in [2.05, 4.69) is 10.1 Å². The first-order valence-corrected chi connectivity index (χ1v) is 6.78. The number of methoxy groups -OCH3 is 1. The average molecular weight is 297 g/mol. The van der Waals surface area contributed by atoms with E-state index in [0.717, 1.165) is 16.8 Å². The second kappa shape index (κ2) is 5.48. The number of carboxylic acids is 1. The summed E-state index contributed by atoms with van der Waals surface area (Å²) in [5, 5.41) is 14.3. The van der Waals surface area contributed by atoms with Crippen molar-refractivity contribution in [1.82, 2.24) is 14.8 Å². The van der Waals surface area contributed by atoms with E-state index in [0.29, 0.717) is 17.6 Å². The maximum absolute atomic E-state index is 11.3. The Labute approximate surface area is 127 Å². The fourth-order valence-corrected chi connectivity index (χ4v) is 2.49. The maximum Gasteiger partial charge on any atom is 0.355 e. The van der Waals surface area contributed by atoms with Crippen molar-refractivity contribution in [2.24, 2.45) is 0 Å². The van der Waals surface area contributed by atoms with Gasteiger partial charge in [-0.15, -0.1) is 0 Å². The number of carboxylic acid groups (broad SMARTS) is 1. The molecule has 6 heteroatoms. The predicted molar refractivity (Wildman–Crippen MR) is 81.3 cm³/mol. The van der Waals surface area contributed by atoms with Gasteiger partial charge in [-0.3, -0.25) is 4.68 Å². The smallest absolute Gasteiger partial charge is 0.355 e. The Morgan fingerprint density at radius 2 is 2.00 bits per heavy atom. The zero-order valence-corrected chi connectivity index (χ0v) is 12.3. The van der Waals surface area contributed by atoms with E-state index in [1.807, 2.05) is 24.3 Å². The zero-order chi connectivity index (χ0) is 15.7. The second-order valence-corrected chi connectivity index (χ2v) is 4.95. The van der Waals surface area contributed by atoms with Crippen LogP contribution in [0.3, 0.4) is 0 Å². The summed E-state index contributed by atoms with van der Waals surface area (Å²) < 4.78 is 6.93. The molecule has 0 amide bonds. The Balaban J connectivity index is 2.04. The molecule has 0 aliphatic heterocycles. The number of aromatic nitrogens is 3. The van der Waals surface area contributed by atoms with E-state index in [9.17, 15) is 9.90 Å². The van der Waals surface area contributed by atoms with Gasteiger partial charge >= 0.3 is 5.97 Å². The molecule has 0 aliphatic rings. The summed E-state index contributed by atoms with van der Waals surface area (Å²) in [7, 11) is 1.62. The average Bonchev–Trinajstić information content (AvgIpc) is 2.84. The Hall–Kier alpha value is -2.89. The summed E-state index contributed by atoms with van der Waals surface area (Å²) in [5.41, 5.74) is 2.52. The topological polar surface area (TPSA) is 77.2 Å². The highest BCUT2D eigenvalue weighted by Gasteiger charge is 2.17. The van der Waals surface area contributed by atoms with Gasteiger partial charge in [0.2, 0.25) is 0 Å². The van der Waals surface area contributed by atoms with E-state index in [4.69, 9.17) is 4.74 Å². The SMILES string of the molecule is COc1ccc(Cn2nc(C)c3c(C(=O)O)nccc32)cc1. The van der Waals surface area contributed by atoms with E-state index in [1.54, 1.807) is 24.8 Å². The van der Waals surface area contributed by atoms with E-state index in [-0.39, 0.29) is 5.69 Å². The summed E-state index contributed by atoms with van der Waals surface area (Å²) in [5.74, 6) is -0.250. The molecule has 2 heterocycles. The molecule has 2 aromatic heterocycles. The molecular weight excluding hydrogens is 282 g/mol. The molecular formula is C16H15N3O3. The minimum absolute atomic E-state index is 0.0379. The van der Waals surface area contributed by atoms with E-state index >= 15 is 0 Å². The lowest BCUT2D eigenvalue weighted by molar-refractivity contribution is 0.0693. The van der Waals surface area contributed by atoms with E-state index < -0.39 is 5.97 Å². The van der Waals surface area contributed by atoms with Crippen LogP contribution in [0.4, 0.5) is 0 Å². The number of nitrogens with zero attached hydrogens (tertiary/aromatic N) is 3. The first kappa shape index (κ1) is 14.1. The van der Waals surface area contributed by atoms with Crippen molar-refractivity contribution < 1.29 is 14.6 Å². The molecule has 0 saturated heterocycles. The first-order valence-electron chi connectivity index (χ1n) is 6.78. The third-order valence-electron chi connectivity index (χ3n) is 3.53. The maximum atomic E-state index is 11.3. The van der Waals surface area contributed by atoms with Gasteiger partial charge in [0, 0.05) is 6.20 Å². The fourth-order valence-electron chi connectivity index (χ4n) is 2.49. The Kier molecular flexibility index (Phi) is 3.50. The normalized spacial score (nSPS) is 10.8. The van der Waals surface area contributed by atoms with Crippen LogP contribution in [0, 0.1) is 6.92 Å². The molecule has 0 radical (unpaired) electrons. The van der Waals surface area contributed by atoms with Crippen molar-refractivity contribution in [2.45, 2.75) is 13.5 Å². The highest BCUT2D eigenvalue weighted by Crippen LogP contribution is 2.22. The molecule has 0 saturated carbocycles. The Morgan fingerprint density at radius 3 is 2.64 bits per heavy atom. The highest BCUT2D eigenvalue weighted by atomic mass is 16.5. The summed E-state index contributed by atoms with van der Waals surface area (Å²) in [4.78, 5) is 15.2. The van der Waals surface area contributed by atoms with Gasteiger partial charge in [0.15, 0.2) is 5.69 Å². The van der Waals surface area contributed by atoms with Crippen LogP contribution in [0.25, 0.3) is 10.9 Å². The zero-order valence-electron chi connectivity index (χ0n) is 12.3. The van der Waals surface area contributed by atoms with Gasteiger partial charge in [0.05, 0.1) is 30.3 Å². The molecule has 0 atom stereocenters. The number of hydrogen-bond donors (Lipinski definition) is 1. The number of aromatic carboxylic acids is 1. The monoisotopic (exact) mass is 297 g/mol. The molecule has 0 aliphatic carbocycles. The van der Waals surface area contributed by atoms with Crippen LogP contribution in [-0.2, 0) is 6.54 Å². The van der Waals surface area contributed by atoms with Crippen molar-refractivity contribution in [1.29, 1.82) is 0 Å². The van der Waals surface area contributed by atoms with Crippen LogP contribution in [0.15, 0.2) is 36.5 Å². The van der Waals surface area contributed by atoms with Crippen molar-refractivity contribution >= 4 is 16.9 Å². The summed E-state index contributed by atoms with van der Waals surface area (Å²) in [6.07, 6.45) is 1.50. The number of benzene rings is 1. The third kappa shape index (κ3) is 2.39. The predicted octanol–water partition coefficient (Wildman–Crippen LogP) is 2.49. The van der Waals surface area contributed by atoms with E-state index in [1.165, 1.54) is 6.20 Å². The number of hydrogen-bond acceptors (Lipinski definition) is 4. The third-order valence-corrected chi connectivity index (χ3v) is 3.53. The second-order valence-electron chi connectivity index (χ2n) is 4.95. The lowest BCUT2D eigenvalue weighted by Gasteiger charge is -2.05. The quantitative estimate of drug-likeness (QED) is 0.800. The van der Waals surface area contributed by atoms with Gasteiger partial charge in [-0.2, -0.15) is 5.10 Å². The van der Waals surface area contributed by atoms with Crippen molar-refractivity contribution in [2.75, 3.05) is 7.11 Å². The Bertz CT molecular complexity index is 838. The van der Waals surface area contributed by atoms with Gasteiger partial charge in [-0.25, -0.2) is 9.78 Å². The van der Waals surface area contributed by atoms with Gasteiger partial charge in [-0.05, 0) is 30.7 Å². The molecule has 22 heavy (non-hydrogen) atoms. The number of ether oxygens (including phenoxy) is 1. The fraction of sp³-hybridized carbons (Fsp3) is 0.188. The van der Waals surface area contributed by atoms with Gasteiger partial charge in [0.1, 0.15) is 5.75 Å². The van der Waals surface area contributed by atoms with Crippen LogP contribution in [0.5, 0.6) is 5.75 Å². The van der Waals surface area contributed by atoms with Crippen LogP contribution < -0.4 is 4.74 Å². The lowest BCUT2D eigenvalue weighted by atomic mass is 10.2. The number of aryl methyl sites for hydroxylation is 1. The molecule has 6 nitrogen and oxygen atoms in total. The van der Waals surface area contributed by atoms with Gasteiger partial charge < -0.3 is 9.84 Å². The number of carbonyl (C=O) groups is 1. The minimum atomic E-state index is -1.04. The molecule has 3 aromatic rings. The molecule has 0 unspecified atom stereocenters. The van der Waals surface area contributed by atoms with Crippen LogP contribution >= 0.6 is 0 Å². The first-order chi connectivity index (χ1) is 10.6. The summed E-state index contributed by atoms with van der Waals surface area (Å²) in [6, 6.07) is 9.48. The minimum Gasteiger partial charge on any atom is -0.497 e. The molecule has 3 rings (SSSR count). The van der Waals surface area contributed by atoms with Crippen molar-refractivity contribution in [3.05, 3.63) is 53.5 Å². The van der Waals surface area contributed by atoms with Crippen LogP contribution in [0.2, 0.25) is 0 Å². The van der Waals surface area contributed by atoms with Crippen molar-refractivity contribution in [3.8, 4) is 5.75 Å². The van der Waals surface area contributed by atoms with Gasteiger partial charge in [-0.1, -0.05) is 12.1 Å². The van der Waals surface area contributed by atoms with Crippen LogP contribution in [-0.4, -0.2) is 33.0 Å². The lowest BCUT2D eigenvalue weighted by Crippen LogP contribution is -2.03. The molecule has 112 valence electrons. The van der Waals surface area contributed by atoms with Gasteiger partial charge in [0.25, 0.3) is 0 Å². The molecule has 0 fully saturated rings. The highest BCUT2D eigenvalue weighted by molar-refractivity contribution is 6.01. The number of pyridine rings is 1. The molecule has 1 aromatic carbocycles. The number of rotatable bonds is 4. The molecule has 1 N–H and O–H groups in total. The summed E-state index contributed by atoms with van der Waals surface area (Å²) >= 11 is 0.